The number of nitrogens with zero attached hydrogens (tertiary/aromatic N) is 5. The fourth-order valence-electron chi connectivity index (χ4n) is 2.94. The second-order valence-electron chi connectivity index (χ2n) is 7.16. The molecule has 0 unspecified atom stereocenters. The molecule has 0 saturated heterocycles. The van der Waals surface area contributed by atoms with Crippen molar-refractivity contribution in [1.82, 2.24) is 25.0 Å². The number of pyridine rings is 2. The van der Waals surface area contributed by atoms with Crippen molar-refractivity contribution in [2.75, 3.05) is 17.2 Å². The molecule has 158 valence electrons. The molecule has 0 spiro atoms. The molecular formula is C19H24FN9O. The highest BCUT2D eigenvalue weighted by Gasteiger charge is 2.19. The van der Waals surface area contributed by atoms with Crippen LogP contribution >= 0.6 is 0 Å². The van der Waals surface area contributed by atoms with E-state index in [1.54, 1.807) is 24.5 Å². The summed E-state index contributed by atoms with van der Waals surface area (Å²) in [6.45, 7) is 4.41. The first-order chi connectivity index (χ1) is 14.4. The van der Waals surface area contributed by atoms with Gasteiger partial charge in [-0.2, -0.15) is 0 Å². The highest BCUT2D eigenvalue weighted by atomic mass is 19.1. The lowest BCUT2D eigenvalue weighted by molar-refractivity contribution is 0.100. The van der Waals surface area contributed by atoms with E-state index in [1.807, 2.05) is 13.8 Å². The highest BCUT2D eigenvalue weighted by molar-refractivity contribution is 5.98. The lowest BCUT2D eigenvalue weighted by Crippen LogP contribution is -2.31. The Bertz CT molecular complexity index is 1010. The Morgan fingerprint density at radius 2 is 2.07 bits per heavy atom. The molecule has 0 saturated carbocycles. The van der Waals surface area contributed by atoms with Crippen molar-refractivity contribution in [2.24, 2.45) is 17.4 Å². The lowest BCUT2D eigenvalue weighted by atomic mass is 10.0. The Balaban J connectivity index is 1.93. The van der Waals surface area contributed by atoms with Gasteiger partial charge in [0.15, 0.2) is 17.5 Å². The van der Waals surface area contributed by atoms with Gasteiger partial charge in [0.25, 0.3) is 5.91 Å². The van der Waals surface area contributed by atoms with Crippen molar-refractivity contribution in [3.05, 3.63) is 48.2 Å². The van der Waals surface area contributed by atoms with Gasteiger partial charge >= 0.3 is 0 Å². The Hall–Kier alpha value is -3.60. The maximum absolute atomic E-state index is 14.6. The van der Waals surface area contributed by atoms with E-state index in [0.717, 1.165) is 12.5 Å². The number of primary amides is 1. The third kappa shape index (κ3) is 5.06. The molecule has 6 N–H and O–H groups in total. The van der Waals surface area contributed by atoms with E-state index in [9.17, 15) is 9.18 Å². The van der Waals surface area contributed by atoms with Gasteiger partial charge in [0.1, 0.15) is 5.82 Å². The maximum Gasteiger partial charge on any atom is 0.252 e. The summed E-state index contributed by atoms with van der Waals surface area (Å²) in [7, 11) is 0. The largest absolute Gasteiger partial charge is 0.365 e. The number of nitrogens with one attached hydrogen (secondary N) is 2. The molecule has 0 aliphatic heterocycles. The summed E-state index contributed by atoms with van der Waals surface area (Å²) in [5.74, 6) is -0.526. The molecule has 0 fully saturated rings. The molecule has 0 aromatic carbocycles. The van der Waals surface area contributed by atoms with Gasteiger partial charge in [0.05, 0.1) is 18.0 Å². The van der Waals surface area contributed by atoms with Crippen LogP contribution in [0, 0.1) is 11.7 Å². The smallest absolute Gasteiger partial charge is 0.252 e. The molecule has 0 bridgehead atoms. The van der Waals surface area contributed by atoms with Crippen molar-refractivity contribution in [3.63, 3.8) is 0 Å². The van der Waals surface area contributed by atoms with Crippen molar-refractivity contribution < 1.29 is 9.18 Å². The van der Waals surface area contributed by atoms with Gasteiger partial charge in [-0.05, 0) is 24.5 Å². The summed E-state index contributed by atoms with van der Waals surface area (Å²) in [4.78, 5) is 20.3. The predicted octanol–water partition coefficient (Wildman–Crippen LogP) is 1.82. The zero-order valence-electron chi connectivity index (χ0n) is 16.7. The number of rotatable bonds is 9. The van der Waals surface area contributed by atoms with Crippen LogP contribution in [0.4, 0.5) is 21.7 Å². The maximum atomic E-state index is 14.6. The minimum atomic E-state index is -0.807. The van der Waals surface area contributed by atoms with Crippen LogP contribution in [0.15, 0.2) is 36.8 Å². The van der Waals surface area contributed by atoms with Gasteiger partial charge in [0.2, 0.25) is 0 Å². The molecular weight excluding hydrogens is 389 g/mol. The minimum Gasteiger partial charge on any atom is -0.365 e. The number of nitrogens with two attached hydrogens (primary N) is 2. The molecule has 3 aromatic heterocycles. The molecule has 3 heterocycles. The van der Waals surface area contributed by atoms with Crippen molar-refractivity contribution in [1.29, 1.82) is 0 Å². The molecule has 11 heteroatoms. The zero-order valence-corrected chi connectivity index (χ0v) is 16.7. The number of hydrogen-bond donors (Lipinski definition) is 4. The molecule has 1 atom stereocenters. The van der Waals surface area contributed by atoms with Crippen LogP contribution < -0.4 is 22.1 Å². The fourth-order valence-corrected chi connectivity index (χ4v) is 2.94. The van der Waals surface area contributed by atoms with E-state index in [2.05, 4.69) is 30.9 Å². The molecule has 3 rings (SSSR count). The summed E-state index contributed by atoms with van der Waals surface area (Å²) in [6.07, 6.45) is 5.46. The van der Waals surface area contributed by atoms with Crippen molar-refractivity contribution >= 4 is 23.2 Å². The Morgan fingerprint density at radius 1 is 1.27 bits per heavy atom. The van der Waals surface area contributed by atoms with Crippen molar-refractivity contribution in [2.45, 2.75) is 26.3 Å². The molecule has 0 aliphatic rings. The molecule has 1 amide bonds. The third-order valence-corrected chi connectivity index (χ3v) is 4.29. The van der Waals surface area contributed by atoms with E-state index >= 15 is 0 Å². The van der Waals surface area contributed by atoms with Gasteiger partial charge in [-0.15, -0.1) is 5.10 Å². The topological polar surface area (TPSA) is 150 Å². The predicted molar refractivity (Wildman–Crippen MR) is 111 cm³/mol. The Morgan fingerprint density at radius 3 is 2.70 bits per heavy atom. The van der Waals surface area contributed by atoms with E-state index in [0.29, 0.717) is 24.0 Å². The van der Waals surface area contributed by atoms with E-state index in [4.69, 9.17) is 11.5 Å². The van der Waals surface area contributed by atoms with Crippen LogP contribution in [0.3, 0.4) is 0 Å². The van der Waals surface area contributed by atoms with Crippen LogP contribution in [0.2, 0.25) is 0 Å². The first-order valence-corrected chi connectivity index (χ1v) is 9.44. The fraction of sp³-hybridized carbons (Fsp3) is 0.316. The van der Waals surface area contributed by atoms with Crippen LogP contribution in [0.1, 0.15) is 30.6 Å². The van der Waals surface area contributed by atoms with Gasteiger partial charge < -0.3 is 22.1 Å². The monoisotopic (exact) mass is 413 g/mol. The van der Waals surface area contributed by atoms with Gasteiger partial charge in [-0.1, -0.05) is 19.1 Å². The molecule has 30 heavy (non-hydrogen) atoms. The summed E-state index contributed by atoms with van der Waals surface area (Å²) in [6, 6.07) is 4.24. The Labute approximate surface area is 172 Å². The van der Waals surface area contributed by atoms with E-state index < -0.39 is 11.7 Å². The first-order valence-electron chi connectivity index (χ1n) is 9.44. The minimum absolute atomic E-state index is 0.0100. The van der Waals surface area contributed by atoms with Gasteiger partial charge in [0, 0.05) is 30.5 Å². The quantitative estimate of drug-likeness (QED) is 0.415. The molecule has 0 aliphatic carbocycles. The molecule has 0 radical (unpaired) electrons. The summed E-state index contributed by atoms with van der Waals surface area (Å²) in [5.41, 5.74) is 11.7. The van der Waals surface area contributed by atoms with Gasteiger partial charge in [-0.3, -0.25) is 4.79 Å². The van der Waals surface area contributed by atoms with Crippen LogP contribution in [-0.4, -0.2) is 43.5 Å². The number of carbonyl (C=O) groups is 1. The molecule has 3 aromatic rings. The summed E-state index contributed by atoms with van der Waals surface area (Å²) >= 11 is 0. The third-order valence-electron chi connectivity index (χ3n) is 4.29. The summed E-state index contributed by atoms with van der Waals surface area (Å²) < 4.78 is 16.1. The SMILES string of the molecule is CC(C)C[C@H](CN)Nc1nc(Nc2ccnc(-n3ccnn3)c2)c(C(N)=O)cc1F. The normalized spacial score (nSPS) is 12.0. The van der Waals surface area contributed by atoms with E-state index in [1.165, 1.54) is 10.9 Å². The summed E-state index contributed by atoms with van der Waals surface area (Å²) in [5, 5.41) is 13.7. The average Bonchev–Trinajstić information content (AvgIpc) is 3.24. The number of aromatic nitrogens is 5. The second-order valence-corrected chi connectivity index (χ2v) is 7.16. The van der Waals surface area contributed by atoms with E-state index in [-0.39, 0.29) is 23.2 Å². The zero-order chi connectivity index (χ0) is 21.7. The highest BCUT2D eigenvalue weighted by Crippen LogP contribution is 2.25. The van der Waals surface area contributed by atoms with Gasteiger partial charge in [-0.25, -0.2) is 19.0 Å². The standard InChI is InChI=1S/C19H24FN9O/c1-11(2)7-13(10-21)26-19-15(20)9-14(17(22)30)18(27-19)25-12-3-4-23-16(8-12)29-6-5-24-28-29/h3-6,8-9,11,13H,7,10,21H2,1-2H3,(H2,22,30)(H2,23,25,26,27)/t13-/m1/s1. The second kappa shape index (κ2) is 9.27. The first kappa shape index (κ1) is 21.1. The number of halogens is 1. The van der Waals surface area contributed by atoms with Crippen molar-refractivity contribution in [3.8, 4) is 5.82 Å². The van der Waals surface area contributed by atoms with Crippen LogP contribution in [0.5, 0.6) is 0 Å². The number of carbonyl (C=O) groups excluding carboxylic acids is 1. The number of hydrogen-bond acceptors (Lipinski definition) is 8. The lowest BCUT2D eigenvalue weighted by Gasteiger charge is -2.21. The average molecular weight is 413 g/mol. The number of amides is 1. The number of anilines is 3. The van der Waals surface area contributed by atoms with Crippen LogP contribution in [0.25, 0.3) is 5.82 Å². The van der Waals surface area contributed by atoms with Crippen LogP contribution in [-0.2, 0) is 0 Å². The Kier molecular flexibility index (Phi) is 6.52. The molecule has 10 nitrogen and oxygen atoms in total.